The van der Waals surface area contributed by atoms with E-state index >= 15 is 0 Å². The van der Waals surface area contributed by atoms with Gasteiger partial charge < -0.3 is 10.4 Å². The van der Waals surface area contributed by atoms with Gasteiger partial charge in [-0.15, -0.1) is 0 Å². The summed E-state index contributed by atoms with van der Waals surface area (Å²) in [6.07, 6.45) is 3.24. The summed E-state index contributed by atoms with van der Waals surface area (Å²) >= 11 is 0. The van der Waals surface area contributed by atoms with E-state index in [-0.39, 0.29) is 5.91 Å². The molecule has 5 nitrogen and oxygen atoms in total. The molecule has 2 heterocycles. The fourth-order valence-electron chi connectivity index (χ4n) is 2.36. The fraction of sp³-hybridized carbons (Fsp3) is 0.176. The molecule has 0 aliphatic carbocycles. The summed E-state index contributed by atoms with van der Waals surface area (Å²) in [7, 11) is 0. The zero-order valence-electron chi connectivity index (χ0n) is 12.0. The van der Waals surface area contributed by atoms with Crippen LogP contribution in [0.1, 0.15) is 28.6 Å². The van der Waals surface area contributed by atoms with Crippen molar-refractivity contribution in [2.75, 3.05) is 6.54 Å². The second-order valence-corrected chi connectivity index (χ2v) is 5.04. The molecular weight excluding hydrogens is 278 g/mol. The van der Waals surface area contributed by atoms with Gasteiger partial charge in [-0.25, -0.2) is 4.98 Å². The lowest BCUT2D eigenvalue weighted by Gasteiger charge is -2.11. The van der Waals surface area contributed by atoms with Crippen molar-refractivity contribution in [2.24, 2.45) is 0 Å². The van der Waals surface area contributed by atoms with Crippen molar-refractivity contribution in [1.82, 2.24) is 14.7 Å². The zero-order chi connectivity index (χ0) is 15.4. The van der Waals surface area contributed by atoms with Gasteiger partial charge in [0, 0.05) is 12.7 Å². The molecule has 2 aromatic heterocycles. The average Bonchev–Trinajstić information content (AvgIpc) is 2.99. The Morgan fingerprint density at radius 3 is 2.77 bits per heavy atom. The predicted octanol–water partition coefficient (Wildman–Crippen LogP) is 2.19. The van der Waals surface area contributed by atoms with E-state index in [4.69, 9.17) is 0 Å². The Bertz CT molecular complexity index is 768. The van der Waals surface area contributed by atoms with Gasteiger partial charge in [-0.05, 0) is 24.1 Å². The molecule has 1 atom stereocenters. The maximum atomic E-state index is 12.2. The fourth-order valence-corrected chi connectivity index (χ4v) is 2.36. The lowest BCUT2D eigenvalue weighted by molar-refractivity contribution is 0.0937. The maximum absolute atomic E-state index is 12.2. The summed E-state index contributed by atoms with van der Waals surface area (Å²) < 4.78 is 1.74. The Kier molecular flexibility index (Phi) is 4.16. The minimum Gasteiger partial charge on any atom is -0.388 e. The number of hydrogen-bond donors (Lipinski definition) is 2. The minimum absolute atomic E-state index is 0.195. The van der Waals surface area contributed by atoms with Gasteiger partial charge in [0.1, 0.15) is 11.3 Å². The van der Waals surface area contributed by atoms with Gasteiger partial charge in [-0.2, -0.15) is 0 Å². The third-order valence-electron chi connectivity index (χ3n) is 3.54. The molecule has 1 amide bonds. The van der Waals surface area contributed by atoms with Crippen LogP contribution >= 0.6 is 0 Å². The molecule has 0 saturated carbocycles. The lowest BCUT2D eigenvalue weighted by atomic mass is 10.1. The van der Waals surface area contributed by atoms with Crippen LogP contribution in [-0.2, 0) is 0 Å². The number of imidazole rings is 1. The van der Waals surface area contributed by atoms with Gasteiger partial charge in [-0.1, -0.05) is 36.4 Å². The molecule has 3 rings (SSSR count). The lowest BCUT2D eigenvalue weighted by Crippen LogP contribution is -2.26. The van der Waals surface area contributed by atoms with Crippen molar-refractivity contribution in [3.63, 3.8) is 0 Å². The highest BCUT2D eigenvalue weighted by Crippen LogP contribution is 2.15. The molecule has 0 bridgehead atoms. The van der Waals surface area contributed by atoms with E-state index in [1.54, 1.807) is 16.8 Å². The maximum Gasteiger partial charge on any atom is 0.269 e. The number of pyridine rings is 1. The van der Waals surface area contributed by atoms with E-state index in [1.165, 1.54) is 0 Å². The van der Waals surface area contributed by atoms with Crippen LogP contribution in [0.25, 0.3) is 5.65 Å². The first-order chi connectivity index (χ1) is 10.8. The molecule has 2 N–H and O–H groups in total. The minimum atomic E-state index is -0.580. The van der Waals surface area contributed by atoms with Gasteiger partial charge in [0.05, 0.1) is 12.3 Å². The summed E-state index contributed by atoms with van der Waals surface area (Å²) in [6.45, 7) is 0.398. The molecule has 5 heteroatoms. The molecule has 0 fully saturated rings. The molecule has 0 spiro atoms. The predicted molar refractivity (Wildman–Crippen MR) is 83.5 cm³/mol. The Balaban J connectivity index is 1.59. The Hall–Kier alpha value is -2.66. The first kappa shape index (κ1) is 14.3. The number of hydrogen-bond acceptors (Lipinski definition) is 3. The third-order valence-corrected chi connectivity index (χ3v) is 3.54. The van der Waals surface area contributed by atoms with E-state index in [2.05, 4.69) is 10.3 Å². The van der Waals surface area contributed by atoms with Crippen LogP contribution in [0.3, 0.4) is 0 Å². The summed E-state index contributed by atoms with van der Waals surface area (Å²) in [5.41, 5.74) is 2.08. The van der Waals surface area contributed by atoms with Crippen LogP contribution in [-0.4, -0.2) is 26.9 Å². The second kappa shape index (κ2) is 6.41. The largest absolute Gasteiger partial charge is 0.388 e. The van der Waals surface area contributed by atoms with E-state index in [0.717, 1.165) is 11.2 Å². The zero-order valence-corrected chi connectivity index (χ0v) is 12.0. The van der Waals surface area contributed by atoms with Crippen LogP contribution < -0.4 is 5.32 Å². The Morgan fingerprint density at radius 2 is 1.95 bits per heavy atom. The second-order valence-electron chi connectivity index (χ2n) is 5.04. The molecule has 0 aliphatic heterocycles. The van der Waals surface area contributed by atoms with Gasteiger partial charge in [0.25, 0.3) is 5.91 Å². The number of fused-ring (bicyclic) bond motifs is 1. The Morgan fingerprint density at radius 1 is 1.18 bits per heavy atom. The van der Waals surface area contributed by atoms with Crippen LogP contribution in [0.5, 0.6) is 0 Å². The van der Waals surface area contributed by atoms with Crippen LogP contribution in [0, 0.1) is 0 Å². The molecule has 112 valence electrons. The highest BCUT2D eigenvalue weighted by atomic mass is 16.3. The van der Waals surface area contributed by atoms with Crippen LogP contribution in [0.2, 0.25) is 0 Å². The summed E-state index contributed by atoms with van der Waals surface area (Å²) in [4.78, 5) is 16.4. The molecule has 3 aromatic rings. The molecule has 1 aromatic carbocycles. The summed E-state index contributed by atoms with van der Waals surface area (Å²) in [6, 6.07) is 15.0. The standard InChI is InChI=1S/C17H17N3O2/c21-15(13-6-2-1-3-7-13)9-10-18-17(22)14-12-19-16-8-4-5-11-20(14)16/h1-8,11-12,15,21H,9-10H2,(H,18,22). The Labute approximate surface area is 128 Å². The highest BCUT2D eigenvalue weighted by molar-refractivity contribution is 5.93. The van der Waals surface area contributed by atoms with Gasteiger partial charge >= 0.3 is 0 Å². The van der Waals surface area contributed by atoms with Gasteiger partial charge in [0.15, 0.2) is 0 Å². The average molecular weight is 295 g/mol. The first-order valence-electron chi connectivity index (χ1n) is 7.19. The van der Waals surface area contributed by atoms with E-state index in [9.17, 15) is 9.90 Å². The van der Waals surface area contributed by atoms with Crippen molar-refractivity contribution < 1.29 is 9.90 Å². The van der Waals surface area contributed by atoms with Crippen molar-refractivity contribution in [1.29, 1.82) is 0 Å². The normalized spacial score (nSPS) is 12.2. The number of carbonyl (C=O) groups excluding carboxylic acids is 1. The number of benzene rings is 1. The number of aromatic nitrogens is 2. The number of carbonyl (C=O) groups is 1. The van der Waals surface area contributed by atoms with Crippen molar-refractivity contribution >= 4 is 11.6 Å². The highest BCUT2D eigenvalue weighted by Gasteiger charge is 2.12. The number of nitrogens with zero attached hydrogens (tertiary/aromatic N) is 2. The van der Waals surface area contributed by atoms with Crippen LogP contribution in [0.15, 0.2) is 60.9 Å². The summed E-state index contributed by atoms with van der Waals surface area (Å²) in [5.74, 6) is -0.195. The quantitative estimate of drug-likeness (QED) is 0.758. The number of aliphatic hydroxyl groups is 1. The molecule has 0 saturated heterocycles. The van der Waals surface area contributed by atoms with E-state index < -0.39 is 6.10 Å². The smallest absolute Gasteiger partial charge is 0.269 e. The molecular formula is C17H17N3O2. The van der Waals surface area contributed by atoms with Crippen molar-refractivity contribution in [3.05, 3.63) is 72.2 Å². The topological polar surface area (TPSA) is 66.6 Å². The first-order valence-corrected chi connectivity index (χ1v) is 7.19. The third kappa shape index (κ3) is 2.99. The van der Waals surface area contributed by atoms with Gasteiger partial charge in [0.2, 0.25) is 0 Å². The number of aliphatic hydroxyl groups excluding tert-OH is 1. The number of rotatable bonds is 5. The van der Waals surface area contributed by atoms with E-state index in [1.807, 2.05) is 48.5 Å². The number of amides is 1. The van der Waals surface area contributed by atoms with Crippen molar-refractivity contribution in [2.45, 2.75) is 12.5 Å². The molecule has 0 radical (unpaired) electrons. The summed E-state index contributed by atoms with van der Waals surface area (Å²) in [5, 5.41) is 12.9. The molecule has 22 heavy (non-hydrogen) atoms. The SMILES string of the molecule is O=C(NCCC(O)c1ccccc1)c1cnc2ccccn12. The van der Waals surface area contributed by atoms with Crippen LogP contribution in [0.4, 0.5) is 0 Å². The molecule has 0 aliphatic rings. The van der Waals surface area contributed by atoms with E-state index in [0.29, 0.717) is 18.7 Å². The monoisotopic (exact) mass is 295 g/mol. The van der Waals surface area contributed by atoms with Gasteiger partial charge in [-0.3, -0.25) is 9.20 Å². The van der Waals surface area contributed by atoms with Crippen molar-refractivity contribution in [3.8, 4) is 0 Å². The molecule has 1 unspecified atom stereocenters. The number of nitrogens with one attached hydrogen (secondary N) is 1.